The molecule has 6 nitrogen and oxygen atoms in total. The molecule has 0 aliphatic heterocycles. The molecule has 86 valence electrons. The first-order valence-corrected chi connectivity index (χ1v) is 5.03. The largest absolute Gasteiger partial charge is 0.334 e. The van der Waals surface area contributed by atoms with Crippen LogP contribution in [0.15, 0.2) is 36.5 Å². The Kier molecular flexibility index (Phi) is 3.15. The molecule has 17 heavy (non-hydrogen) atoms. The zero-order valence-electron chi connectivity index (χ0n) is 8.50. The van der Waals surface area contributed by atoms with E-state index < -0.39 is 4.92 Å². The number of benzene rings is 1. The number of halogens is 1. The monoisotopic (exact) mass is 250 g/mol. The summed E-state index contributed by atoms with van der Waals surface area (Å²) in [6.07, 6.45) is 1.07. The van der Waals surface area contributed by atoms with E-state index in [0.29, 0.717) is 5.69 Å². The molecule has 0 fully saturated rings. The fraction of sp³-hybridized carbons (Fsp3) is 0. The van der Waals surface area contributed by atoms with Crippen molar-refractivity contribution in [3.8, 4) is 0 Å². The summed E-state index contributed by atoms with van der Waals surface area (Å²) in [5.74, 6) is 0.0706. The van der Waals surface area contributed by atoms with Gasteiger partial charge in [0.1, 0.15) is 6.20 Å². The highest BCUT2D eigenvalue weighted by molar-refractivity contribution is 6.28. The minimum absolute atomic E-state index is 0.0472. The van der Waals surface area contributed by atoms with Crippen molar-refractivity contribution in [2.45, 2.75) is 0 Å². The number of aromatic nitrogens is 2. The minimum atomic E-state index is -0.568. The number of nitrogens with one attached hydrogen (secondary N) is 1. The Balaban J connectivity index is 2.37. The van der Waals surface area contributed by atoms with Gasteiger partial charge in [-0.15, -0.1) is 0 Å². The van der Waals surface area contributed by atoms with Crippen molar-refractivity contribution >= 4 is 28.8 Å². The van der Waals surface area contributed by atoms with Crippen molar-refractivity contribution in [1.82, 2.24) is 9.97 Å². The van der Waals surface area contributed by atoms with Crippen LogP contribution in [0, 0.1) is 10.1 Å². The third-order valence-electron chi connectivity index (χ3n) is 1.97. The molecule has 0 atom stereocenters. The van der Waals surface area contributed by atoms with Crippen molar-refractivity contribution in [2.24, 2.45) is 0 Å². The third kappa shape index (κ3) is 2.67. The van der Waals surface area contributed by atoms with E-state index in [1.54, 1.807) is 24.3 Å². The van der Waals surface area contributed by atoms with E-state index >= 15 is 0 Å². The fourth-order valence-electron chi connectivity index (χ4n) is 1.24. The van der Waals surface area contributed by atoms with Crippen LogP contribution in [-0.2, 0) is 0 Å². The van der Waals surface area contributed by atoms with Gasteiger partial charge in [0.15, 0.2) is 0 Å². The number of para-hydroxylation sites is 1. The van der Waals surface area contributed by atoms with Crippen LogP contribution < -0.4 is 5.32 Å². The topological polar surface area (TPSA) is 81.0 Å². The van der Waals surface area contributed by atoms with E-state index in [9.17, 15) is 10.1 Å². The second-order valence-electron chi connectivity index (χ2n) is 3.12. The average molecular weight is 251 g/mol. The molecule has 1 aromatic carbocycles. The number of hydrogen-bond donors (Lipinski definition) is 1. The predicted molar refractivity (Wildman–Crippen MR) is 63.4 cm³/mol. The van der Waals surface area contributed by atoms with Crippen LogP contribution in [0.1, 0.15) is 0 Å². The summed E-state index contributed by atoms with van der Waals surface area (Å²) < 4.78 is 0. The van der Waals surface area contributed by atoms with E-state index in [0.717, 1.165) is 6.20 Å². The van der Waals surface area contributed by atoms with Crippen molar-refractivity contribution < 1.29 is 4.92 Å². The smallest absolute Gasteiger partial charge is 0.329 e. The minimum Gasteiger partial charge on any atom is -0.334 e. The molecular formula is C10H7ClN4O2. The normalized spacial score (nSPS) is 9.94. The molecule has 0 spiro atoms. The highest BCUT2D eigenvalue weighted by Gasteiger charge is 2.16. The van der Waals surface area contributed by atoms with Gasteiger partial charge in [-0.3, -0.25) is 10.1 Å². The number of anilines is 2. The van der Waals surface area contributed by atoms with Crippen LogP contribution in [0.25, 0.3) is 0 Å². The van der Waals surface area contributed by atoms with Gasteiger partial charge in [-0.2, -0.15) is 4.98 Å². The molecule has 1 aromatic heterocycles. The van der Waals surface area contributed by atoms with Crippen LogP contribution in [0.5, 0.6) is 0 Å². The molecule has 0 aliphatic carbocycles. The lowest BCUT2D eigenvalue weighted by molar-refractivity contribution is -0.384. The molecule has 1 heterocycles. The first kappa shape index (κ1) is 11.3. The Morgan fingerprint density at radius 3 is 2.65 bits per heavy atom. The van der Waals surface area contributed by atoms with Crippen LogP contribution in [0.4, 0.5) is 17.2 Å². The number of nitro groups is 1. The van der Waals surface area contributed by atoms with E-state index in [1.807, 2.05) is 6.07 Å². The van der Waals surface area contributed by atoms with Crippen molar-refractivity contribution in [1.29, 1.82) is 0 Å². The summed E-state index contributed by atoms with van der Waals surface area (Å²) in [6.45, 7) is 0. The maximum Gasteiger partial charge on any atom is 0.329 e. The first-order chi connectivity index (χ1) is 8.16. The molecule has 0 saturated carbocycles. The van der Waals surface area contributed by atoms with Gasteiger partial charge >= 0.3 is 5.69 Å². The molecule has 7 heteroatoms. The average Bonchev–Trinajstić information content (AvgIpc) is 2.30. The summed E-state index contributed by atoms with van der Waals surface area (Å²) in [5.41, 5.74) is 0.462. The zero-order chi connectivity index (χ0) is 12.3. The predicted octanol–water partition coefficient (Wildman–Crippen LogP) is 2.78. The van der Waals surface area contributed by atoms with Crippen LogP contribution in [0.2, 0.25) is 5.28 Å². The Labute approximate surface area is 101 Å². The van der Waals surface area contributed by atoms with Gasteiger partial charge in [0, 0.05) is 5.69 Å². The molecule has 0 saturated heterocycles. The number of nitrogens with zero attached hydrogens (tertiary/aromatic N) is 3. The third-order valence-corrected chi connectivity index (χ3v) is 2.16. The maximum atomic E-state index is 10.8. The van der Waals surface area contributed by atoms with E-state index in [-0.39, 0.29) is 16.8 Å². The molecular weight excluding hydrogens is 244 g/mol. The Morgan fingerprint density at radius 2 is 2.00 bits per heavy atom. The van der Waals surface area contributed by atoms with Gasteiger partial charge in [0.05, 0.1) is 4.92 Å². The van der Waals surface area contributed by atoms with E-state index in [1.165, 1.54) is 0 Å². The second-order valence-corrected chi connectivity index (χ2v) is 3.46. The highest BCUT2D eigenvalue weighted by Crippen LogP contribution is 2.25. The lowest BCUT2D eigenvalue weighted by atomic mass is 10.3. The van der Waals surface area contributed by atoms with Crippen LogP contribution >= 0.6 is 11.6 Å². The van der Waals surface area contributed by atoms with Gasteiger partial charge in [-0.05, 0) is 23.7 Å². The van der Waals surface area contributed by atoms with E-state index in [4.69, 9.17) is 11.6 Å². The lowest BCUT2D eigenvalue weighted by Gasteiger charge is -2.05. The summed E-state index contributed by atoms with van der Waals surface area (Å²) in [7, 11) is 0. The first-order valence-electron chi connectivity index (χ1n) is 4.66. The summed E-state index contributed by atoms with van der Waals surface area (Å²) >= 11 is 5.60. The number of rotatable bonds is 3. The maximum absolute atomic E-state index is 10.8. The molecule has 2 aromatic rings. The number of hydrogen-bond acceptors (Lipinski definition) is 5. The molecule has 0 aliphatic rings. The van der Waals surface area contributed by atoms with Crippen LogP contribution in [-0.4, -0.2) is 14.9 Å². The van der Waals surface area contributed by atoms with E-state index in [2.05, 4.69) is 15.3 Å². The van der Waals surface area contributed by atoms with Crippen molar-refractivity contribution in [2.75, 3.05) is 5.32 Å². The van der Waals surface area contributed by atoms with Crippen LogP contribution in [0.3, 0.4) is 0 Å². The van der Waals surface area contributed by atoms with Crippen molar-refractivity contribution in [3.63, 3.8) is 0 Å². The summed E-state index contributed by atoms with van der Waals surface area (Å²) in [6, 6.07) is 8.97. The zero-order valence-corrected chi connectivity index (χ0v) is 9.26. The second kappa shape index (κ2) is 4.75. The van der Waals surface area contributed by atoms with Gasteiger partial charge in [0.25, 0.3) is 0 Å². The lowest BCUT2D eigenvalue weighted by Crippen LogP contribution is -2.01. The van der Waals surface area contributed by atoms with Crippen molar-refractivity contribution in [3.05, 3.63) is 51.9 Å². The summed E-state index contributed by atoms with van der Waals surface area (Å²) in [4.78, 5) is 17.6. The molecule has 0 bridgehead atoms. The standard InChI is InChI=1S/C10H7ClN4O2/c11-10-12-6-8(15(16)17)9(14-10)13-7-4-2-1-3-5-7/h1-6H,(H,12,13,14). The Morgan fingerprint density at radius 1 is 1.29 bits per heavy atom. The highest BCUT2D eigenvalue weighted by atomic mass is 35.5. The quantitative estimate of drug-likeness (QED) is 0.515. The molecule has 2 rings (SSSR count). The Hall–Kier alpha value is -2.21. The molecule has 0 radical (unpaired) electrons. The molecule has 0 amide bonds. The van der Waals surface area contributed by atoms with Gasteiger partial charge in [-0.1, -0.05) is 18.2 Å². The summed E-state index contributed by atoms with van der Waals surface area (Å²) in [5, 5.41) is 13.5. The molecule has 1 N–H and O–H groups in total. The SMILES string of the molecule is O=[N+]([O-])c1cnc(Cl)nc1Nc1ccccc1. The van der Waals surface area contributed by atoms with Gasteiger partial charge in [0.2, 0.25) is 11.1 Å². The van der Waals surface area contributed by atoms with Gasteiger partial charge < -0.3 is 5.32 Å². The molecule has 0 unspecified atom stereocenters. The fourth-order valence-corrected chi connectivity index (χ4v) is 1.37. The van der Waals surface area contributed by atoms with Gasteiger partial charge in [-0.25, -0.2) is 4.98 Å². The Bertz CT molecular complexity index is 547.